The van der Waals surface area contributed by atoms with Crippen molar-refractivity contribution in [1.29, 1.82) is 0 Å². The summed E-state index contributed by atoms with van der Waals surface area (Å²) in [5.41, 5.74) is -1.16. The van der Waals surface area contributed by atoms with Gasteiger partial charge >= 0.3 is 6.18 Å². The summed E-state index contributed by atoms with van der Waals surface area (Å²) >= 11 is 0. The van der Waals surface area contributed by atoms with Gasteiger partial charge in [-0.3, -0.25) is 4.90 Å². The standard InChI is InChI=1S/C14H18F3N3O2/c15-14(16,17)11-6-12(19-9-18-11)22-7-10-2-4-13(8-21)3-1-5-20(10)13/h6,9-10,21H,1-5,7-8H2. The van der Waals surface area contributed by atoms with E-state index in [-0.39, 0.29) is 30.7 Å². The lowest BCUT2D eigenvalue weighted by atomic mass is 9.95. The summed E-state index contributed by atoms with van der Waals surface area (Å²) in [6.07, 6.45) is 0.122. The Kier molecular flexibility index (Phi) is 3.98. The van der Waals surface area contributed by atoms with Crippen LogP contribution in [-0.2, 0) is 6.18 Å². The van der Waals surface area contributed by atoms with Crippen LogP contribution < -0.4 is 4.74 Å². The Labute approximate surface area is 126 Å². The summed E-state index contributed by atoms with van der Waals surface area (Å²) in [5, 5.41) is 9.63. The topological polar surface area (TPSA) is 58.5 Å². The van der Waals surface area contributed by atoms with E-state index < -0.39 is 11.9 Å². The molecule has 122 valence electrons. The van der Waals surface area contributed by atoms with Gasteiger partial charge in [-0.1, -0.05) is 0 Å². The van der Waals surface area contributed by atoms with Crippen molar-refractivity contribution in [3.8, 4) is 5.88 Å². The minimum atomic E-state index is -4.50. The maximum Gasteiger partial charge on any atom is 0.433 e. The number of aliphatic hydroxyl groups excluding tert-OH is 1. The van der Waals surface area contributed by atoms with E-state index in [1.54, 1.807) is 0 Å². The Balaban J connectivity index is 1.64. The third kappa shape index (κ3) is 2.77. The average molecular weight is 317 g/mol. The highest BCUT2D eigenvalue weighted by Crippen LogP contribution is 2.42. The van der Waals surface area contributed by atoms with E-state index >= 15 is 0 Å². The number of rotatable bonds is 4. The Bertz CT molecular complexity index is 540. The molecule has 2 saturated heterocycles. The molecule has 2 fully saturated rings. The van der Waals surface area contributed by atoms with Crippen LogP contribution in [0.15, 0.2) is 12.4 Å². The van der Waals surface area contributed by atoms with Gasteiger partial charge in [-0.05, 0) is 32.2 Å². The van der Waals surface area contributed by atoms with Crippen LogP contribution in [0.5, 0.6) is 5.88 Å². The summed E-state index contributed by atoms with van der Waals surface area (Å²) in [6, 6.07) is 0.928. The summed E-state index contributed by atoms with van der Waals surface area (Å²) < 4.78 is 43.2. The fourth-order valence-corrected chi connectivity index (χ4v) is 3.57. The number of fused-ring (bicyclic) bond motifs is 1. The number of halogens is 3. The summed E-state index contributed by atoms with van der Waals surface area (Å²) in [6.45, 7) is 1.29. The van der Waals surface area contributed by atoms with E-state index in [1.807, 2.05) is 0 Å². The van der Waals surface area contributed by atoms with Gasteiger partial charge in [-0.15, -0.1) is 0 Å². The minimum absolute atomic E-state index is 0.0666. The number of aliphatic hydroxyl groups is 1. The first kappa shape index (κ1) is 15.5. The van der Waals surface area contributed by atoms with E-state index in [4.69, 9.17) is 4.74 Å². The Morgan fingerprint density at radius 1 is 1.36 bits per heavy atom. The van der Waals surface area contributed by atoms with Gasteiger partial charge in [0.05, 0.1) is 6.61 Å². The highest BCUT2D eigenvalue weighted by atomic mass is 19.4. The van der Waals surface area contributed by atoms with E-state index in [9.17, 15) is 18.3 Å². The Morgan fingerprint density at radius 3 is 2.91 bits per heavy atom. The van der Waals surface area contributed by atoms with Gasteiger partial charge in [0.15, 0.2) is 5.69 Å². The monoisotopic (exact) mass is 317 g/mol. The van der Waals surface area contributed by atoms with Crippen LogP contribution in [-0.4, -0.2) is 51.3 Å². The SMILES string of the molecule is OCC12CCCN1C(COc1cc(C(F)(F)F)ncn1)CC2. The van der Waals surface area contributed by atoms with Gasteiger partial charge in [0.2, 0.25) is 5.88 Å². The quantitative estimate of drug-likeness (QED) is 0.918. The number of nitrogens with zero attached hydrogens (tertiary/aromatic N) is 3. The second kappa shape index (κ2) is 5.66. The molecule has 0 radical (unpaired) electrons. The normalized spacial score (nSPS) is 28.8. The number of aromatic nitrogens is 2. The Hall–Kier alpha value is -1.41. The molecule has 22 heavy (non-hydrogen) atoms. The van der Waals surface area contributed by atoms with Gasteiger partial charge in [-0.25, -0.2) is 9.97 Å². The molecule has 5 nitrogen and oxygen atoms in total. The lowest BCUT2D eigenvalue weighted by molar-refractivity contribution is -0.141. The van der Waals surface area contributed by atoms with Crippen molar-refractivity contribution < 1.29 is 23.0 Å². The van der Waals surface area contributed by atoms with Crippen LogP contribution in [0.1, 0.15) is 31.4 Å². The van der Waals surface area contributed by atoms with E-state index in [2.05, 4.69) is 14.9 Å². The molecule has 2 unspecified atom stereocenters. The molecule has 0 aromatic carbocycles. The van der Waals surface area contributed by atoms with Crippen molar-refractivity contribution >= 4 is 0 Å². The van der Waals surface area contributed by atoms with Crippen molar-refractivity contribution in [3.05, 3.63) is 18.1 Å². The summed E-state index contributed by atoms with van der Waals surface area (Å²) in [7, 11) is 0. The molecule has 0 saturated carbocycles. The highest BCUT2D eigenvalue weighted by Gasteiger charge is 2.48. The Morgan fingerprint density at radius 2 is 2.18 bits per heavy atom. The fourth-order valence-electron chi connectivity index (χ4n) is 3.57. The zero-order chi connectivity index (χ0) is 15.8. The second-order valence-electron chi connectivity index (χ2n) is 5.92. The molecule has 2 atom stereocenters. The average Bonchev–Trinajstić information content (AvgIpc) is 3.04. The van der Waals surface area contributed by atoms with Crippen molar-refractivity contribution in [2.45, 2.75) is 43.4 Å². The van der Waals surface area contributed by atoms with Crippen molar-refractivity contribution in [2.24, 2.45) is 0 Å². The molecule has 0 aliphatic carbocycles. The molecule has 1 N–H and O–H groups in total. The van der Waals surface area contributed by atoms with E-state index in [1.165, 1.54) is 0 Å². The van der Waals surface area contributed by atoms with Crippen molar-refractivity contribution in [2.75, 3.05) is 19.8 Å². The molecule has 1 aromatic heterocycles. The third-order valence-corrected chi connectivity index (χ3v) is 4.68. The lowest BCUT2D eigenvalue weighted by Crippen LogP contribution is -2.46. The van der Waals surface area contributed by atoms with Crippen molar-refractivity contribution in [1.82, 2.24) is 14.9 Å². The van der Waals surface area contributed by atoms with Gasteiger partial charge < -0.3 is 9.84 Å². The van der Waals surface area contributed by atoms with Crippen LogP contribution in [0.25, 0.3) is 0 Å². The van der Waals surface area contributed by atoms with Crippen LogP contribution in [0, 0.1) is 0 Å². The van der Waals surface area contributed by atoms with Gasteiger partial charge in [0.25, 0.3) is 0 Å². The highest BCUT2D eigenvalue weighted by molar-refractivity contribution is 5.16. The third-order valence-electron chi connectivity index (χ3n) is 4.68. The smallest absolute Gasteiger partial charge is 0.433 e. The largest absolute Gasteiger partial charge is 0.476 e. The van der Waals surface area contributed by atoms with Crippen molar-refractivity contribution in [3.63, 3.8) is 0 Å². The molecule has 0 amide bonds. The minimum Gasteiger partial charge on any atom is -0.476 e. The summed E-state index contributed by atoms with van der Waals surface area (Å²) in [5.74, 6) is -0.0666. The van der Waals surface area contributed by atoms with Gasteiger partial charge in [0, 0.05) is 17.6 Å². The van der Waals surface area contributed by atoms with Crippen LogP contribution >= 0.6 is 0 Å². The molecule has 0 bridgehead atoms. The van der Waals surface area contributed by atoms with Crippen LogP contribution in [0.4, 0.5) is 13.2 Å². The summed E-state index contributed by atoms with van der Waals surface area (Å²) in [4.78, 5) is 9.18. The lowest BCUT2D eigenvalue weighted by Gasteiger charge is -2.33. The maximum absolute atomic E-state index is 12.6. The predicted molar refractivity (Wildman–Crippen MR) is 71.3 cm³/mol. The molecule has 3 rings (SSSR count). The van der Waals surface area contributed by atoms with Crippen LogP contribution in [0.3, 0.4) is 0 Å². The first-order chi connectivity index (χ1) is 10.4. The zero-order valence-electron chi connectivity index (χ0n) is 12.0. The molecule has 0 spiro atoms. The molecule has 3 heterocycles. The first-order valence-corrected chi connectivity index (χ1v) is 7.34. The molecule has 2 aliphatic heterocycles. The predicted octanol–water partition coefficient (Wildman–Crippen LogP) is 1.86. The zero-order valence-corrected chi connectivity index (χ0v) is 12.0. The molecular formula is C14H18F3N3O2. The molecule has 8 heteroatoms. The number of hydrogen-bond acceptors (Lipinski definition) is 5. The van der Waals surface area contributed by atoms with E-state index in [0.29, 0.717) is 0 Å². The van der Waals surface area contributed by atoms with E-state index in [0.717, 1.165) is 44.6 Å². The van der Waals surface area contributed by atoms with Gasteiger partial charge in [0.1, 0.15) is 12.9 Å². The maximum atomic E-state index is 12.6. The number of alkyl halides is 3. The fraction of sp³-hybridized carbons (Fsp3) is 0.714. The molecular weight excluding hydrogens is 299 g/mol. The first-order valence-electron chi connectivity index (χ1n) is 7.34. The van der Waals surface area contributed by atoms with Crippen LogP contribution in [0.2, 0.25) is 0 Å². The second-order valence-corrected chi connectivity index (χ2v) is 5.92. The molecule has 1 aromatic rings. The van der Waals surface area contributed by atoms with Gasteiger partial charge in [-0.2, -0.15) is 13.2 Å². The number of ether oxygens (including phenoxy) is 1. The molecule has 2 aliphatic rings. The number of hydrogen-bond donors (Lipinski definition) is 1.